The number of rotatable bonds is 6. The number of benzene rings is 2. The van der Waals surface area contributed by atoms with Gasteiger partial charge >= 0.3 is 0 Å². The quantitative estimate of drug-likeness (QED) is 0.711. The molecule has 0 fully saturated rings. The molecule has 27 heavy (non-hydrogen) atoms. The highest BCUT2D eigenvalue weighted by Gasteiger charge is 2.18. The van der Waals surface area contributed by atoms with Gasteiger partial charge in [0.15, 0.2) is 9.84 Å². The summed E-state index contributed by atoms with van der Waals surface area (Å²) in [5, 5.41) is 0.330. The van der Waals surface area contributed by atoms with E-state index in [4.69, 9.17) is 16.3 Å². The predicted octanol–water partition coefficient (Wildman–Crippen LogP) is 2.28. The Morgan fingerprint density at radius 2 is 1.74 bits per heavy atom. The third-order valence-corrected chi connectivity index (χ3v) is 5.67. The molecule has 7 nitrogen and oxygen atoms in total. The van der Waals surface area contributed by atoms with Gasteiger partial charge in [0.25, 0.3) is 5.91 Å². The van der Waals surface area contributed by atoms with Gasteiger partial charge in [-0.2, -0.15) is 0 Å². The van der Waals surface area contributed by atoms with Crippen molar-refractivity contribution >= 4 is 33.3 Å². The molecule has 0 aliphatic rings. The van der Waals surface area contributed by atoms with Crippen molar-refractivity contribution in [2.45, 2.75) is 18.2 Å². The third kappa shape index (κ3) is 5.70. The molecule has 9 heteroatoms. The van der Waals surface area contributed by atoms with E-state index in [0.717, 1.165) is 5.56 Å². The maximum atomic E-state index is 12.2. The second-order valence-corrected chi connectivity index (χ2v) is 8.27. The molecule has 0 atom stereocenters. The fourth-order valence-electron chi connectivity index (χ4n) is 2.20. The maximum Gasteiger partial charge on any atom is 0.273 e. The lowest BCUT2D eigenvalue weighted by atomic mass is 10.2. The van der Waals surface area contributed by atoms with Crippen LogP contribution in [-0.4, -0.2) is 33.1 Å². The Kier molecular flexibility index (Phi) is 6.81. The first-order valence-corrected chi connectivity index (χ1v) is 9.98. The second kappa shape index (κ2) is 8.88. The van der Waals surface area contributed by atoms with Gasteiger partial charge in [-0.1, -0.05) is 29.3 Å². The van der Waals surface area contributed by atoms with E-state index in [1.165, 1.54) is 31.4 Å². The highest BCUT2D eigenvalue weighted by atomic mass is 35.5. The first kappa shape index (κ1) is 20.7. The van der Waals surface area contributed by atoms with E-state index in [9.17, 15) is 18.0 Å². The van der Waals surface area contributed by atoms with Crippen LogP contribution in [0.15, 0.2) is 47.4 Å². The minimum Gasteiger partial charge on any atom is -0.496 e. The molecule has 0 spiro atoms. The van der Waals surface area contributed by atoms with Crippen LogP contribution in [0, 0.1) is 6.92 Å². The molecule has 0 saturated carbocycles. The van der Waals surface area contributed by atoms with Crippen LogP contribution >= 0.6 is 11.6 Å². The molecule has 0 heterocycles. The molecule has 0 aliphatic heterocycles. The molecular weight excluding hydrogens is 392 g/mol. The van der Waals surface area contributed by atoms with Crippen molar-refractivity contribution in [2.75, 3.05) is 12.9 Å². The molecule has 0 aromatic heterocycles. The number of nitrogens with one attached hydrogen (secondary N) is 2. The SMILES string of the molecule is COc1ccc(Cl)cc1C(=O)NNC(=O)CCS(=O)(=O)c1ccc(C)cc1. The Labute approximate surface area is 162 Å². The summed E-state index contributed by atoms with van der Waals surface area (Å²) < 4.78 is 29.5. The zero-order valence-electron chi connectivity index (χ0n) is 14.8. The number of hydrogen-bond donors (Lipinski definition) is 2. The first-order valence-electron chi connectivity index (χ1n) is 7.95. The van der Waals surface area contributed by atoms with Gasteiger partial charge in [-0.3, -0.25) is 20.4 Å². The van der Waals surface area contributed by atoms with Crippen LogP contribution in [0.4, 0.5) is 0 Å². The van der Waals surface area contributed by atoms with Gasteiger partial charge in [0.05, 0.1) is 23.3 Å². The summed E-state index contributed by atoms with van der Waals surface area (Å²) in [6.45, 7) is 1.85. The van der Waals surface area contributed by atoms with Crippen LogP contribution in [-0.2, 0) is 14.6 Å². The van der Waals surface area contributed by atoms with E-state index in [-0.39, 0.29) is 28.4 Å². The van der Waals surface area contributed by atoms with E-state index in [1.807, 2.05) is 6.92 Å². The summed E-state index contributed by atoms with van der Waals surface area (Å²) in [5.41, 5.74) is 5.47. The van der Waals surface area contributed by atoms with E-state index in [0.29, 0.717) is 5.02 Å². The normalized spacial score (nSPS) is 10.9. The van der Waals surface area contributed by atoms with E-state index >= 15 is 0 Å². The van der Waals surface area contributed by atoms with Gasteiger partial charge in [-0.05, 0) is 37.3 Å². The van der Waals surface area contributed by atoms with Crippen molar-refractivity contribution in [2.24, 2.45) is 0 Å². The molecule has 0 aliphatic carbocycles. The zero-order chi connectivity index (χ0) is 20.0. The number of aryl methyl sites for hydroxylation is 1. The number of halogens is 1. The van der Waals surface area contributed by atoms with Crippen LogP contribution in [0.5, 0.6) is 5.75 Å². The van der Waals surface area contributed by atoms with Crippen LogP contribution in [0.1, 0.15) is 22.3 Å². The molecule has 0 bridgehead atoms. The smallest absolute Gasteiger partial charge is 0.273 e. The summed E-state index contributed by atoms with van der Waals surface area (Å²) in [6, 6.07) is 10.8. The Hall–Kier alpha value is -2.58. The highest BCUT2D eigenvalue weighted by Crippen LogP contribution is 2.22. The summed E-state index contributed by atoms with van der Waals surface area (Å²) in [5.74, 6) is -1.37. The lowest BCUT2D eigenvalue weighted by molar-refractivity contribution is -0.121. The number of sulfone groups is 1. The standard InChI is InChI=1S/C18H19ClN2O5S/c1-12-3-6-14(7-4-12)27(24,25)10-9-17(22)20-21-18(23)15-11-13(19)5-8-16(15)26-2/h3-8,11H,9-10H2,1-2H3,(H,20,22)(H,21,23). The average Bonchev–Trinajstić information content (AvgIpc) is 2.64. The molecule has 2 N–H and O–H groups in total. The van der Waals surface area contributed by atoms with Crippen LogP contribution in [0.3, 0.4) is 0 Å². The van der Waals surface area contributed by atoms with Gasteiger partial charge < -0.3 is 4.74 Å². The Morgan fingerprint density at radius 3 is 2.37 bits per heavy atom. The van der Waals surface area contributed by atoms with Gasteiger partial charge in [-0.25, -0.2) is 8.42 Å². The molecular formula is C18H19ClN2O5S. The molecule has 0 radical (unpaired) electrons. The highest BCUT2D eigenvalue weighted by molar-refractivity contribution is 7.91. The fourth-order valence-corrected chi connectivity index (χ4v) is 3.62. The molecule has 2 rings (SSSR count). The summed E-state index contributed by atoms with van der Waals surface area (Å²) in [4.78, 5) is 24.2. The summed E-state index contributed by atoms with van der Waals surface area (Å²) in [7, 11) is -2.19. The number of carbonyl (C=O) groups is 2. The van der Waals surface area contributed by atoms with Crippen molar-refractivity contribution in [1.29, 1.82) is 0 Å². The first-order chi connectivity index (χ1) is 12.7. The van der Waals surface area contributed by atoms with Crippen LogP contribution < -0.4 is 15.6 Å². The molecule has 144 valence electrons. The number of carbonyl (C=O) groups excluding carboxylic acids is 2. The van der Waals surface area contributed by atoms with Crippen molar-refractivity contribution in [3.05, 3.63) is 58.6 Å². The lowest BCUT2D eigenvalue weighted by Gasteiger charge is -2.11. The largest absolute Gasteiger partial charge is 0.496 e. The number of ether oxygens (including phenoxy) is 1. The van der Waals surface area contributed by atoms with E-state index < -0.39 is 21.7 Å². The number of hydrogen-bond acceptors (Lipinski definition) is 5. The van der Waals surface area contributed by atoms with Crippen LogP contribution in [0.25, 0.3) is 0 Å². The second-order valence-electron chi connectivity index (χ2n) is 5.73. The molecule has 0 unspecified atom stereocenters. The van der Waals surface area contributed by atoms with Crippen molar-refractivity contribution < 1.29 is 22.7 Å². The number of amides is 2. The van der Waals surface area contributed by atoms with Gasteiger partial charge in [-0.15, -0.1) is 0 Å². The minimum absolute atomic E-state index is 0.137. The van der Waals surface area contributed by atoms with Crippen molar-refractivity contribution in [1.82, 2.24) is 10.9 Å². The average molecular weight is 411 g/mol. The monoisotopic (exact) mass is 410 g/mol. The minimum atomic E-state index is -3.59. The fraction of sp³-hybridized carbons (Fsp3) is 0.222. The van der Waals surface area contributed by atoms with Crippen molar-refractivity contribution in [3.63, 3.8) is 0 Å². The van der Waals surface area contributed by atoms with E-state index in [2.05, 4.69) is 10.9 Å². The topological polar surface area (TPSA) is 102 Å². The van der Waals surface area contributed by atoms with Gasteiger partial charge in [0.2, 0.25) is 5.91 Å². The van der Waals surface area contributed by atoms with Crippen molar-refractivity contribution in [3.8, 4) is 5.75 Å². The zero-order valence-corrected chi connectivity index (χ0v) is 16.4. The van der Waals surface area contributed by atoms with Gasteiger partial charge in [0.1, 0.15) is 5.75 Å². The number of hydrazine groups is 1. The molecule has 2 amide bonds. The van der Waals surface area contributed by atoms with Gasteiger partial charge in [0, 0.05) is 11.4 Å². The van der Waals surface area contributed by atoms with Crippen LogP contribution in [0.2, 0.25) is 5.02 Å². The molecule has 2 aromatic rings. The Bertz CT molecular complexity index is 943. The maximum absolute atomic E-state index is 12.2. The third-order valence-electron chi connectivity index (χ3n) is 3.70. The van der Waals surface area contributed by atoms with E-state index in [1.54, 1.807) is 18.2 Å². The molecule has 2 aromatic carbocycles. The lowest BCUT2D eigenvalue weighted by Crippen LogP contribution is -2.42. The Balaban J connectivity index is 1.92. The summed E-state index contributed by atoms with van der Waals surface area (Å²) >= 11 is 5.86. The summed E-state index contributed by atoms with van der Waals surface area (Å²) in [6.07, 6.45) is -0.302. The Morgan fingerprint density at radius 1 is 1.07 bits per heavy atom. The number of methoxy groups -OCH3 is 1. The predicted molar refractivity (Wildman–Crippen MR) is 101 cm³/mol. The molecule has 0 saturated heterocycles.